The molecule has 1 aromatic carbocycles. The Balaban J connectivity index is 1.23. The van der Waals surface area contributed by atoms with E-state index < -0.39 is 41.3 Å². The first-order chi connectivity index (χ1) is 21.1. The lowest BCUT2D eigenvalue weighted by atomic mass is 9.73. The Morgan fingerprint density at radius 1 is 1.09 bits per heavy atom. The van der Waals surface area contributed by atoms with Gasteiger partial charge in [-0.1, -0.05) is 57.4 Å². The number of benzene rings is 1. The highest BCUT2D eigenvalue weighted by atomic mass is 35.5. The number of halogens is 2. The minimum absolute atomic E-state index is 0.0263. The normalized spacial score (nSPS) is 35.2. The molecule has 2 N–H and O–H groups in total. The molecule has 0 radical (unpaired) electrons. The van der Waals surface area contributed by atoms with E-state index in [0.717, 1.165) is 65.0 Å². The Morgan fingerprint density at radius 2 is 1.84 bits per heavy atom. The Labute approximate surface area is 264 Å². The predicted molar refractivity (Wildman–Crippen MR) is 167 cm³/mol. The van der Waals surface area contributed by atoms with Gasteiger partial charge in [0.15, 0.2) is 0 Å². The Bertz CT molecular complexity index is 1300. The van der Waals surface area contributed by atoms with Crippen LogP contribution < -0.4 is 10.6 Å². The van der Waals surface area contributed by atoms with Gasteiger partial charge in [-0.2, -0.15) is 0 Å². The van der Waals surface area contributed by atoms with E-state index in [2.05, 4.69) is 41.2 Å². The number of amides is 3. The molecule has 1 aromatic rings. The third-order valence-corrected chi connectivity index (χ3v) is 11.2. The number of likely N-dealkylation sites (N-methyl/N-ethyl adjacent to an activating group) is 1. The number of fused-ring (bicyclic) bond motifs is 1. The van der Waals surface area contributed by atoms with Crippen molar-refractivity contribution in [2.24, 2.45) is 23.7 Å². The highest BCUT2D eigenvalue weighted by molar-refractivity contribution is 6.31. The minimum atomic E-state index is -1.22. The van der Waals surface area contributed by atoms with E-state index in [9.17, 15) is 18.8 Å². The monoisotopic (exact) mass is 629 g/mol. The molecule has 1 spiro atoms. The maximum atomic E-state index is 14.3. The molecule has 9 nitrogen and oxygen atoms in total. The van der Waals surface area contributed by atoms with Crippen LogP contribution in [0.15, 0.2) is 30.4 Å². The standard InChI is InChI=1S/C33H45ClFN5O4/c1-4-38-15-17-39(18-16-38)13-6-14-40-29(31(42)37-25-8-5-7-20(2)21(25)3)33-12-11-26(44-33)27(28(33)32(40)43)30(41)36-22-9-10-24(35)23(34)19-22/h9-12,19-21,25-29H,4-8,13-18H2,1-3H3,(H,36,41)(H,37,42)/t20-,21+,25-,26+,27-,28+,29+,33+/m1/s1. The summed E-state index contributed by atoms with van der Waals surface area (Å²) >= 11 is 5.95. The first-order valence-corrected chi connectivity index (χ1v) is 16.7. The van der Waals surface area contributed by atoms with Crippen molar-refractivity contribution in [2.45, 2.75) is 70.2 Å². The van der Waals surface area contributed by atoms with E-state index in [0.29, 0.717) is 24.1 Å². The van der Waals surface area contributed by atoms with Crippen LogP contribution >= 0.6 is 11.6 Å². The van der Waals surface area contributed by atoms with Crippen LogP contribution in [0.3, 0.4) is 0 Å². The number of nitrogens with one attached hydrogen (secondary N) is 2. The summed E-state index contributed by atoms with van der Waals surface area (Å²) in [5.41, 5.74) is -0.882. The molecule has 2 bridgehead atoms. The number of likely N-dealkylation sites (tertiary alicyclic amines) is 1. The quantitative estimate of drug-likeness (QED) is 0.406. The molecule has 0 unspecified atom stereocenters. The van der Waals surface area contributed by atoms with Crippen LogP contribution in [0.4, 0.5) is 10.1 Å². The maximum absolute atomic E-state index is 14.3. The van der Waals surface area contributed by atoms with Gasteiger partial charge in [-0.25, -0.2) is 4.39 Å². The largest absolute Gasteiger partial charge is 0.359 e. The molecule has 1 saturated carbocycles. The fourth-order valence-electron chi connectivity index (χ4n) is 8.15. The topological polar surface area (TPSA) is 94.2 Å². The van der Waals surface area contributed by atoms with E-state index in [1.165, 1.54) is 18.2 Å². The molecule has 6 rings (SSSR count). The molecule has 4 heterocycles. The SMILES string of the molecule is CCN1CCN(CCCN2C(=O)[C@@H]3[C@H](C(=O)Nc4ccc(F)c(Cl)c4)[C@@H]4C=C[C@@]3(O4)[C@@H]2C(=O)N[C@@H]2CCC[C@@H](C)[C@@H]2C)CC1. The lowest BCUT2D eigenvalue weighted by molar-refractivity contribution is -0.141. The highest BCUT2D eigenvalue weighted by Gasteiger charge is 2.72. The van der Waals surface area contributed by atoms with Gasteiger partial charge in [0.1, 0.15) is 17.5 Å². The second kappa shape index (κ2) is 12.7. The fourth-order valence-corrected chi connectivity index (χ4v) is 8.33. The van der Waals surface area contributed by atoms with E-state index in [1.807, 2.05) is 12.2 Å². The van der Waals surface area contributed by atoms with Crippen LogP contribution in [0.25, 0.3) is 0 Å². The molecule has 44 heavy (non-hydrogen) atoms. The van der Waals surface area contributed by atoms with E-state index in [4.69, 9.17) is 16.3 Å². The van der Waals surface area contributed by atoms with Gasteiger partial charge in [0.25, 0.3) is 0 Å². The average molecular weight is 630 g/mol. The Morgan fingerprint density at radius 3 is 2.57 bits per heavy atom. The summed E-state index contributed by atoms with van der Waals surface area (Å²) in [4.78, 5) is 48.7. The number of carbonyl (C=O) groups is 3. The predicted octanol–water partition coefficient (Wildman–Crippen LogP) is 3.54. The van der Waals surface area contributed by atoms with Crippen molar-refractivity contribution < 1.29 is 23.5 Å². The van der Waals surface area contributed by atoms with Crippen molar-refractivity contribution in [3.63, 3.8) is 0 Å². The van der Waals surface area contributed by atoms with Gasteiger partial charge >= 0.3 is 0 Å². The van der Waals surface area contributed by atoms with E-state index in [1.54, 1.807) is 4.90 Å². The molecule has 8 atom stereocenters. The van der Waals surface area contributed by atoms with Gasteiger partial charge in [-0.3, -0.25) is 14.4 Å². The van der Waals surface area contributed by atoms with Gasteiger partial charge in [-0.15, -0.1) is 0 Å². The summed E-state index contributed by atoms with van der Waals surface area (Å²) < 4.78 is 20.2. The maximum Gasteiger partial charge on any atom is 0.246 e. The van der Waals surface area contributed by atoms with Gasteiger partial charge in [-0.05, 0) is 56.0 Å². The molecule has 4 aliphatic heterocycles. The zero-order chi connectivity index (χ0) is 31.2. The first kappa shape index (κ1) is 31.5. The number of anilines is 1. The highest BCUT2D eigenvalue weighted by Crippen LogP contribution is 2.55. The van der Waals surface area contributed by atoms with Crippen LogP contribution in [0, 0.1) is 29.5 Å². The van der Waals surface area contributed by atoms with Crippen molar-refractivity contribution in [2.75, 3.05) is 51.1 Å². The summed E-state index contributed by atoms with van der Waals surface area (Å²) in [6.45, 7) is 12.9. The van der Waals surface area contributed by atoms with Crippen molar-refractivity contribution in [1.29, 1.82) is 0 Å². The van der Waals surface area contributed by atoms with Gasteiger partial charge in [0.05, 0.1) is 23.0 Å². The fraction of sp³-hybridized carbons (Fsp3) is 0.667. The third kappa shape index (κ3) is 5.67. The molecule has 3 saturated heterocycles. The van der Waals surface area contributed by atoms with Crippen LogP contribution in [0.1, 0.15) is 46.5 Å². The van der Waals surface area contributed by atoms with Crippen LogP contribution in [-0.4, -0.2) is 102 Å². The number of hydrogen-bond acceptors (Lipinski definition) is 6. The number of ether oxygens (including phenoxy) is 1. The number of carbonyl (C=O) groups excluding carboxylic acids is 3. The first-order valence-electron chi connectivity index (χ1n) is 16.3. The second-order valence-corrected chi connectivity index (χ2v) is 13.8. The van der Waals surface area contributed by atoms with Crippen molar-refractivity contribution in [3.8, 4) is 0 Å². The smallest absolute Gasteiger partial charge is 0.246 e. The Hall–Kier alpha value is -2.53. The Kier molecular flexibility index (Phi) is 9.08. The molecular formula is C33H45ClFN5O4. The molecule has 240 valence electrons. The van der Waals surface area contributed by atoms with Crippen molar-refractivity contribution in [3.05, 3.63) is 41.2 Å². The second-order valence-electron chi connectivity index (χ2n) is 13.4. The number of piperazine rings is 1. The van der Waals surface area contributed by atoms with E-state index >= 15 is 0 Å². The number of hydrogen-bond donors (Lipinski definition) is 2. The lowest BCUT2D eigenvalue weighted by Crippen LogP contribution is -2.58. The summed E-state index contributed by atoms with van der Waals surface area (Å²) in [6.07, 6.45) is 6.84. The van der Waals surface area contributed by atoms with Crippen LogP contribution in [0.2, 0.25) is 5.02 Å². The zero-order valence-electron chi connectivity index (χ0n) is 25.9. The van der Waals surface area contributed by atoms with Crippen LogP contribution in [0.5, 0.6) is 0 Å². The van der Waals surface area contributed by atoms with Crippen molar-refractivity contribution in [1.82, 2.24) is 20.0 Å². The third-order valence-electron chi connectivity index (χ3n) is 10.9. The van der Waals surface area contributed by atoms with E-state index in [-0.39, 0.29) is 22.9 Å². The van der Waals surface area contributed by atoms with Gasteiger partial charge < -0.3 is 30.1 Å². The summed E-state index contributed by atoms with van der Waals surface area (Å²) in [7, 11) is 0. The minimum Gasteiger partial charge on any atom is -0.359 e. The molecular weight excluding hydrogens is 585 g/mol. The molecule has 3 amide bonds. The molecule has 4 fully saturated rings. The number of rotatable bonds is 9. The van der Waals surface area contributed by atoms with Gasteiger partial charge in [0, 0.05) is 44.5 Å². The average Bonchev–Trinajstić information content (AvgIpc) is 3.65. The van der Waals surface area contributed by atoms with Crippen LogP contribution in [-0.2, 0) is 19.1 Å². The molecule has 0 aromatic heterocycles. The summed E-state index contributed by atoms with van der Waals surface area (Å²) in [5, 5.41) is 6.02. The summed E-state index contributed by atoms with van der Waals surface area (Å²) in [6, 6.07) is 3.14. The molecule has 11 heteroatoms. The molecule has 5 aliphatic rings. The zero-order valence-corrected chi connectivity index (χ0v) is 26.7. The summed E-state index contributed by atoms with van der Waals surface area (Å²) in [5.74, 6) is -2.26. The van der Waals surface area contributed by atoms with Crippen molar-refractivity contribution >= 4 is 35.0 Å². The molecule has 1 aliphatic carbocycles. The number of nitrogens with zero attached hydrogens (tertiary/aromatic N) is 3. The van der Waals surface area contributed by atoms with Gasteiger partial charge in [0.2, 0.25) is 17.7 Å². The lowest BCUT2D eigenvalue weighted by Gasteiger charge is -2.38.